The Kier molecular flexibility index (Phi) is 6.27. The predicted octanol–water partition coefficient (Wildman–Crippen LogP) is 4.05. The first-order chi connectivity index (χ1) is 14.3. The summed E-state index contributed by atoms with van der Waals surface area (Å²) in [5, 5.41) is 0. The molecule has 0 aliphatic carbocycles. The van der Waals surface area contributed by atoms with Crippen molar-refractivity contribution in [3.8, 4) is 0 Å². The number of rotatable bonds is 7. The summed E-state index contributed by atoms with van der Waals surface area (Å²) in [4.78, 5) is 24.4. The fourth-order valence-electron chi connectivity index (χ4n) is 2.64. The number of hydrogen-bond acceptors (Lipinski definition) is 5. The van der Waals surface area contributed by atoms with Gasteiger partial charge in [-0.25, -0.2) is 17.6 Å². The van der Waals surface area contributed by atoms with E-state index in [1.807, 2.05) is 0 Å². The van der Waals surface area contributed by atoms with Crippen LogP contribution in [-0.4, -0.2) is 26.3 Å². The fourth-order valence-corrected chi connectivity index (χ4v) is 3.70. The van der Waals surface area contributed by atoms with Gasteiger partial charge in [0.05, 0.1) is 16.1 Å². The highest BCUT2D eigenvalue weighted by Gasteiger charge is 2.21. The number of ether oxygens (including phenoxy) is 1. The lowest BCUT2D eigenvalue weighted by atomic mass is 10.1. The van der Waals surface area contributed by atoms with Crippen LogP contribution in [0.3, 0.4) is 0 Å². The Balaban J connectivity index is 1.69. The monoisotopic (exact) mass is 427 g/mol. The van der Waals surface area contributed by atoms with Crippen molar-refractivity contribution < 1.29 is 27.1 Å². The number of anilines is 1. The van der Waals surface area contributed by atoms with Gasteiger partial charge < -0.3 is 4.74 Å². The average Bonchev–Trinajstić information content (AvgIpc) is 2.75. The zero-order valence-corrected chi connectivity index (χ0v) is 16.7. The number of halogens is 1. The first-order valence-electron chi connectivity index (χ1n) is 8.95. The van der Waals surface area contributed by atoms with Gasteiger partial charge in [0.25, 0.3) is 10.0 Å². The molecule has 0 unspecified atom stereocenters. The summed E-state index contributed by atoms with van der Waals surface area (Å²) in [6.45, 7) is 1.46. The van der Waals surface area contributed by atoms with Crippen molar-refractivity contribution in [1.82, 2.24) is 0 Å². The lowest BCUT2D eigenvalue weighted by molar-refractivity contribution is 0.0318. The molecule has 0 aliphatic heterocycles. The van der Waals surface area contributed by atoms with Crippen LogP contribution in [0.4, 0.5) is 10.1 Å². The van der Waals surface area contributed by atoms with E-state index in [1.54, 1.807) is 30.3 Å². The number of esters is 1. The highest BCUT2D eigenvalue weighted by Crippen LogP contribution is 2.19. The number of Topliss-reactive ketones (excluding diaryl/α,β-unsaturated/α-hetero) is 1. The van der Waals surface area contributed by atoms with Gasteiger partial charge in [0, 0.05) is 5.56 Å². The second kappa shape index (κ2) is 8.87. The second-order valence-corrected chi connectivity index (χ2v) is 8.07. The third-order valence-electron chi connectivity index (χ3n) is 4.23. The van der Waals surface area contributed by atoms with Crippen LogP contribution in [0, 0.1) is 5.82 Å². The summed E-state index contributed by atoms with van der Waals surface area (Å²) < 4.78 is 45.9. The summed E-state index contributed by atoms with van der Waals surface area (Å²) in [6, 6.07) is 18.7. The minimum Gasteiger partial charge on any atom is -0.451 e. The lowest BCUT2D eigenvalue weighted by Crippen LogP contribution is -2.24. The lowest BCUT2D eigenvalue weighted by Gasteiger charge is -2.13. The number of carbonyl (C=O) groups is 2. The normalized spacial score (nSPS) is 12.1. The van der Waals surface area contributed by atoms with Crippen LogP contribution in [0.25, 0.3) is 0 Å². The molecule has 0 bridgehead atoms. The van der Waals surface area contributed by atoms with Crippen LogP contribution in [0.5, 0.6) is 0 Å². The molecule has 1 atom stereocenters. The molecule has 0 amide bonds. The summed E-state index contributed by atoms with van der Waals surface area (Å²) in [5.41, 5.74) is 0.306. The zero-order chi connectivity index (χ0) is 21.7. The van der Waals surface area contributed by atoms with Crippen LogP contribution in [0.2, 0.25) is 0 Å². The third kappa shape index (κ3) is 4.90. The molecule has 154 valence electrons. The largest absolute Gasteiger partial charge is 0.451 e. The minimum atomic E-state index is -4.05. The van der Waals surface area contributed by atoms with Gasteiger partial charge in [-0.2, -0.15) is 0 Å². The molecule has 0 heterocycles. The summed E-state index contributed by atoms with van der Waals surface area (Å²) in [7, 11) is -4.05. The third-order valence-corrected chi connectivity index (χ3v) is 5.61. The molecule has 30 heavy (non-hydrogen) atoms. The van der Waals surface area contributed by atoms with Gasteiger partial charge in [-0.3, -0.25) is 9.52 Å². The maximum absolute atomic E-state index is 13.7. The number of carbonyl (C=O) groups excluding carboxylic acids is 2. The van der Waals surface area contributed by atoms with E-state index < -0.39 is 27.9 Å². The quantitative estimate of drug-likeness (QED) is 0.454. The number of sulfonamides is 1. The van der Waals surface area contributed by atoms with Gasteiger partial charge in [0.2, 0.25) is 5.78 Å². The number of nitrogens with one attached hydrogen (secondary N) is 1. The van der Waals surface area contributed by atoms with E-state index in [0.29, 0.717) is 5.56 Å². The molecule has 8 heteroatoms. The molecule has 0 radical (unpaired) electrons. The van der Waals surface area contributed by atoms with Crippen LogP contribution in [-0.2, 0) is 14.8 Å². The van der Waals surface area contributed by atoms with E-state index in [-0.39, 0.29) is 21.9 Å². The van der Waals surface area contributed by atoms with Crippen LogP contribution >= 0.6 is 0 Å². The molecular formula is C22H18FNO5S. The second-order valence-electron chi connectivity index (χ2n) is 6.39. The number of benzene rings is 3. The van der Waals surface area contributed by atoms with E-state index >= 15 is 0 Å². The van der Waals surface area contributed by atoms with Crippen molar-refractivity contribution in [2.24, 2.45) is 0 Å². The summed E-state index contributed by atoms with van der Waals surface area (Å²) in [6.07, 6.45) is -1.01. The molecule has 3 aromatic rings. The first-order valence-corrected chi connectivity index (χ1v) is 10.4. The van der Waals surface area contributed by atoms with Crippen molar-refractivity contribution in [1.29, 1.82) is 0 Å². The Morgan fingerprint density at radius 3 is 2.10 bits per heavy atom. The first kappa shape index (κ1) is 21.2. The van der Waals surface area contributed by atoms with E-state index in [0.717, 1.165) is 6.07 Å². The van der Waals surface area contributed by atoms with E-state index in [9.17, 15) is 22.4 Å². The van der Waals surface area contributed by atoms with Crippen LogP contribution < -0.4 is 4.72 Å². The minimum absolute atomic E-state index is 0.0764. The molecule has 0 spiro atoms. The standard InChI is InChI=1S/C22H18FNO5S/c1-15(21(25)16-7-3-2-4-8-16)29-22(26)17-11-13-18(14-12-17)30(27,28)24-20-10-6-5-9-19(20)23/h2-15,24H,1H3/t15-/m1/s1. The average molecular weight is 427 g/mol. The molecule has 0 saturated carbocycles. The van der Waals surface area contributed by atoms with E-state index in [4.69, 9.17) is 4.74 Å². The van der Waals surface area contributed by atoms with Gasteiger partial charge in [-0.1, -0.05) is 42.5 Å². The van der Waals surface area contributed by atoms with Gasteiger partial charge in [0.15, 0.2) is 6.10 Å². The maximum atomic E-state index is 13.7. The van der Waals surface area contributed by atoms with Crippen molar-refractivity contribution in [3.05, 3.63) is 95.8 Å². The molecule has 0 fully saturated rings. The molecule has 0 aliphatic rings. The smallest absolute Gasteiger partial charge is 0.338 e. The maximum Gasteiger partial charge on any atom is 0.338 e. The molecule has 1 N–H and O–H groups in total. The fraction of sp³-hybridized carbons (Fsp3) is 0.0909. The predicted molar refractivity (Wildman–Crippen MR) is 109 cm³/mol. The Bertz CT molecular complexity index is 1160. The van der Waals surface area contributed by atoms with Gasteiger partial charge >= 0.3 is 5.97 Å². The molecule has 3 aromatic carbocycles. The van der Waals surface area contributed by atoms with Crippen molar-refractivity contribution in [2.45, 2.75) is 17.9 Å². The van der Waals surface area contributed by atoms with E-state index in [1.165, 1.54) is 49.4 Å². The van der Waals surface area contributed by atoms with Crippen molar-refractivity contribution >= 4 is 27.5 Å². The molecular weight excluding hydrogens is 409 g/mol. The highest BCUT2D eigenvalue weighted by molar-refractivity contribution is 7.92. The van der Waals surface area contributed by atoms with Gasteiger partial charge in [-0.15, -0.1) is 0 Å². The number of ketones is 1. The Morgan fingerprint density at radius 1 is 0.867 bits per heavy atom. The topological polar surface area (TPSA) is 89.5 Å². The van der Waals surface area contributed by atoms with Crippen molar-refractivity contribution in [3.63, 3.8) is 0 Å². The molecule has 0 aromatic heterocycles. The number of hydrogen-bond donors (Lipinski definition) is 1. The highest BCUT2D eigenvalue weighted by atomic mass is 32.2. The molecule has 0 saturated heterocycles. The van der Waals surface area contributed by atoms with E-state index in [2.05, 4.69) is 4.72 Å². The van der Waals surface area contributed by atoms with Gasteiger partial charge in [-0.05, 0) is 43.3 Å². The molecule has 6 nitrogen and oxygen atoms in total. The Labute approximate surface area is 173 Å². The summed E-state index contributed by atoms with van der Waals surface area (Å²) in [5.74, 6) is -1.83. The van der Waals surface area contributed by atoms with Crippen molar-refractivity contribution in [2.75, 3.05) is 4.72 Å². The summed E-state index contributed by atoms with van der Waals surface area (Å²) >= 11 is 0. The molecule has 3 rings (SSSR count). The SMILES string of the molecule is C[C@@H](OC(=O)c1ccc(S(=O)(=O)Nc2ccccc2F)cc1)C(=O)c1ccccc1. The van der Waals surface area contributed by atoms with Gasteiger partial charge in [0.1, 0.15) is 5.82 Å². The Hall–Kier alpha value is -3.52. The number of para-hydroxylation sites is 1. The Morgan fingerprint density at radius 2 is 1.47 bits per heavy atom. The zero-order valence-electron chi connectivity index (χ0n) is 15.9. The van der Waals surface area contributed by atoms with Crippen LogP contribution in [0.15, 0.2) is 83.8 Å². The van der Waals surface area contributed by atoms with Crippen LogP contribution in [0.1, 0.15) is 27.6 Å².